The average Bonchev–Trinajstić information content (AvgIpc) is 3.39. The van der Waals surface area contributed by atoms with Crippen LogP contribution < -0.4 is 15.5 Å². The quantitative estimate of drug-likeness (QED) is 0.256. The standard InChI is InChI=1S/C32H30FN6P/c1-22-29-31(39(36-22)20-10-19-34)35-21-28(30-32(2,3)26-13-8-9-14-27(26)38(30)4)40(29,25-11-6-5-7-12-25)37-24-17-15-23(33)16-18-24/h5-9,11-18,21H,10,20H2,1-4H3/b30-28+. The van der Waals surface area contributed by atoms with E-state index in [1.165, 1.54) is 17.7 Å². The summed E-state index contributed by atoms with van der Waals surface area (Å²) in [7, 11) is -0.687. The molecular weight excluding hydrogens is 518 g/mol. The van der Waals surface area contributed by atoms with Gasteiger partial charge in [-0.3, -0.25) is 4.74 Å². The van der Waals surface area contributed by atoms with Crippen molar-refractivity contribution in [1.82, 2.24) is 9.78 Å². The molecule has 6 rings (SSSR count). The van der Waals surface area contributed by atoms with Crippen molar-refractivity contribution in [3.63, 3.8) is 0 Å². The molecule has 0 saturated carbocycles. The van der Waals surface area contributed by atoms with Crippen LogP contribution in [0.5, 0.6) is 0 Å². The van der Waals surface area contributed by atoms with E-state index in [1.807, 2.05) is 36.0 Å². The van der Waals surface area contributed by atoms with Gasteiger partial charge in [-0.2, -0.15) is 10.4 Å². The van der Waals surface area contributed by atoms with Gasteiger partial charge in [0.15, 0.2) is 5.82 Å². The molecule has 6 nitrogen and oxygen atoms in total. The fraction of sp³-hybridized carbons (Fsp3) is 0.219. The Bertz CT molecular complexity index is 1770. The summed E-state index contributed by atoms with van der Waals surface area (Å²) < 4.78 is 21.5. The monoisotopic (exact) mass is 548 g/mol. The Morgan fingerprint density at radius 3 is 2.40 bits per heavy atom. The SMILES string of the molecule is Cc1nn(CCC#N)c2c1P(=Nc1ccc(F)cc1)(c1ccccc1)/C(=C1/N(C)c3ccccc3C1(C)C)C=N2. The Hall–Kier alpha value is -4.27. The first-order valence-electron chi connectivity index (χ1n) is 13.3. The minimum Gasteiger partial charge on any atom is -0.346 e. The van der Waals surface area contributed by atoms with E-state index in [-0.39, 0.29) is 11.2 Å². The normalized spacial score (nSPS) is 20.6. The van der Waals surface area contributed by atoms with E-state index in [4.69, 9.17) is 14.8 Å². The molecular formula is C32H30FN6P. The number of halogens is 1. The largest absolute Gasteiger partial charge is 0.346 e. The van der Waals surface area contributed by atoms with Crippen molar-refractivity contribution in [1.29, 1.82) is 5.26 Å². The Morgan fingerprint density at radius 2 is 1.70 bits per heavy atom. The minimum atomic E-state index is -2.80. The van der Waals surface area contributed by atoms with E-state index in [1.54, 1.807) is 12.1 Å². The first-order chi connectivity index (χ1) is 19.3. The third-order valence-corrected chi connectivity index (χ3v) is 11.6. The number of hydrogen-bond acceptors (Lipinski definition) is 5. The maximum atomic E-state index is 14.0. The number of aryl methyl sites for hydroxylation is 2. The first-order valence-corrected chi connectivity index (χ1v) is 15.0. The summed E-state index contributed by atoms with van der Waals surface area (Å²) in [6.45, 7) is 6.95. The molecule has 200 valence electrons. The Labute approximate surface area is 234 Å². The van der Waals surface area contributed by atoms with Crippen LogP contribution in [0.25, 0.3) is 0 Å². The molecule has 40 heavy (non-hydrogen) atoms. The zero-order chi connectivity index (χ0) is 28.1. The number of para-hydroxylation sites is 1. The number of aliphatic imine (C=N–C) groups is 1. The molecule has 2 aliphatic heterocycles. The topological polar surface area (TPSA) is 69.6 Å². The van der Waals surface area contributed by atoms with Gasteiger partial charge in [-0.25, -0.2) is 14.1 Å². The van der Waals surface area contributed by atoms with E-state index < -0.39 is 7.05 Å². The van der Waals surface area contributed by atoms with Gasteiger partial charge >= 0.3 is 0 Å². The first kappa shape index (κ1) is 26.0. The highest BCUT2D eigenvalue weighted by Gasteiger charge is 2.47. The fourth-order valence-corrected chi connectivity index (χ4v) is 10.2. The molecule has 1 atom stereocenters. The lowest BCUT2D eigenvalue weighted by atomic mass is 9.84. The van der Waals surface area contributed by atoms with E-state index in [2.05, 4.69) is 68.3 Å². The van der Waals surface area contributed by atoms with Crippen molar-refractivity contribution >= 4 is 41.1 Å². The van der Waals surface area contributed by atoms with Crippen LogP contribution in [-0.2, 0) is 12.0 Å². The summed E-state index contributed by atoms with van der Waals surface area (Å²) in [5.41, 5.74) is 4.74. The summed E-state index contributed by atoms with van der Waals surface area (Å²) >= 11 is 0. The zero-order valence-corrected chi connectivity index (χ0v) is 23.9. The summed E-state index contributed by atoms with van der Waals surface area (Å²) in [5, 5.41) is 17.3. The van der Waals surface area contributed by atoms with Crippen LogP contribution in [0.1, 0.15) is 31.5 Å². The van der Waals surface area contributed by atoms with Crippen LogP contribution in [-0.4, -0.2) is 23.0 Å². The van der Waals surface area contributed by atoms with Crippen LogP contribution in [0.15, 0.2) is 99.6 Å². The molecule has 3 aromatic carbocycles. The number of aromatic nitrogens is 2. The molecule has 0 saturated heterocycles. The lowest BCUT2D eigenvalue weighted by Gasteiger charge is -2.35. The van der Waals surface area contributed by atoms with Crippen molar-refractivity contribution in [2.24, 2.45) is 9.74 Å². The number of hydrogen-bond donors (Lipinski definition) is 0. The van der Waals surface area contributed by atoms with Gasteiger partial charge < -0.3 is 4.90 Å². The van der Waals surface area contributed by atoms with Crippen molar-refractivity contribution in [3.8, 4) is 6.07 Å². The highest BCUT2D eigenvalue weighted by molar-refractivity contribution is 7.86. The van der Waals surface area contributed by atoms with Crippen LogP contribution in [0.4, 0.5) is 21.6 Å². The number of benzene rings is 3. The molecule has 1 aromatic heterocycles. The third kappa shape index (κ3) is 3.86. The maximum Gasteiger partial charge on any atom is 0.160 e. The summed E-state index contributed by atoms with van der Waals surface area (Å²) in [4.78, 5) is 7.29. The average molecular weight is 549 g/mol. The number of fused-ring (bicyclic) bond motifs is 2. The van der Waals surface area contributed by atoms with Gasteiger partial charge in [0, 0.05) is 40.7 Å². The number of nitrogens with zero attached hydrogens (tertiary/aromatic N) is 6. The van der Waals surface area contributed by atoms with Gasteiger partial charge in [0.05, 0.1) is 42.8 Å². The van der Waals surface area contributed by atoms with Crippen molar-refractivity contribution in [2.75, 3.05) is 11.9 Å². The molecule has 0 N–H and O–H groups in total. The Morgan fingerprint density at radius 1 is 1.00 bits per heavy atom. The number of nitriles is 1. The molecule has 0 fully saturated rings. The fourth-order valence-electron chi connectivity index (χ4n) is 6.13. The second kappa shape index (κ2) is 9.73. The number of rotatable bonds is 4. The van der Waals surface area contributed by atoms with Crippen molar-refractivity contribution in [2.45, 2.75) is 39.2 Å². The highest BCUT2D eigenvalue weighted by Crippen LogP contribution is 2.64. The highest BCUT2D eigenvalue weighted by atomic mass is 31.2. The van der Waals surface area contributed by atoms with Crippen LogP contribution in [0, 0.1) is 24.1 Å². The number of likely N-dealkylation sites (N-methyl/N-ethyl adjacent to an activating group) is 1. The van der Waals surface area contributed by atoms with Crippen LogP contribution in [0.3, 0.4) is 0 Å². The van der Waals surface area contributed by atoms with E-state index in [9.17, 15) is 9.65 Å². The second-order valence-corrected chi connectivity index (χ2v) is 13.5. The maximum absolute atomic E-state index is 14.0. The van der Waals surface area contributed by atoms with Crippen molar-refractivity contribution < 1.29 is 4.39 Å². The molecule has 3 heterocycles. The van der Waals surface area contributed by atoms with Crippen molar-refractivity contribution in [3.05, 3.63) is 107 Å². The van der Waals surface area contributed by atoms with Gasteiger partial charge in [0.1, 0.15) is 5.82 Å². The number of anilines is 1. The minimum absolute atomic E-state index is 0.303. The van der Waals surface area contributed by atoms with E-state index in [0.29, 0.717) is 18.7 Å². The molecule has 0 aliphatic carbocycles. The predicted octanol–water partition coefficient (Wildman–Crippen LogP) is 7.08. The molecule has 0 spiro atoms. The molecule has 4 aromatic rings. The zero-order valence-electron chi connectivity index (χ0n) is 23.0. The van der Waals surface area contributed by atoms with E-state index >= 15 is 0 Å². The van der Waals surface area contributed by atoms with Crippen LogP contribution in [0.2, 0.25) is 0 Å². The summed E-state index contributed by atoms with van der Waals surface area (Å²) in [6.07, 6.45) is 2.30. The van der Waals surface area contributed by atoms with E-state index in [0.717, 1.165) is 38.8 Å². The Kier molecular flexibility index (Phi) is 6.32. The third-order valence-electron chi connectivity index (χ3n) is 7.82. The summed E-state index contributed by atoms with van der Waals surface area (Å²) in [6, 6.07) is 27.5. The van der Waals surface area contributed by atoms with Crippen LogP contribution >= 0.6 is 7.05 Å². The number of allylic oxidation sites excluding steroid dienone is 2. The second-order valence-electron chi connectivity index (χ2n) is 10.6. The Balaban J connectivity index is 1.79. The lowest BCUT2D eigenvalue weighted by molar-refractivity contribution is 0.626. The van der Waals surface area contributed by atoms with Gasteiger partial charge in [0.25, 0.3) is 0 Å². The van der Waals surface area contributed by atoms with Gasteiger partial charge in [0.2, 0.25) is 0 Å². The smallest absolute Gasteiger partial charge is 0.160 e. The molecule has 8 heteroatoms. The predicted molar refractivity (Wildman–Crippen MR) is 161 cm³/mol. The van der Waals surface area contributed by atoms with Gasteiger partial charge in [-0.1, -0.05) is 62.4 Å². The molecule has 0 bridgehead atoms. The van der Waals surface area contributed by atoms with Gasteiger partial charge in [-0.15, -0.1) is 0 Å². The summed E-state index contributed by atoms with van der Waals surface area (Å²) in [5.74, 6) is 0.430. The van der Waals surface area contributed by atoms with Gasteiger partial charge in [-0.05, 0) is 42.8 Å². The molecule has 2 aliphatic rings. The molecule has 1 unspecified atom stereocenters. The lowest BCUT2D eigenvalue weighted by Crippen LogP contribution is -2.30. The molecule has 0 amide bonds. The molecule has 0 radical (unpaired) electrons.